The van der Waals surface area contributed by atoms with Gasteiger partial charge in [0.1, 0.15) is 5.78 Å². The quantitative estimate of drug-likeness (QED) is 0.629. The number of rotatable bonds is 8. The molecule has 0 saturated carbocycles. The van der Waals surface area contributed by atoms with Gasteiger partial charge in [-0.2, -0.15) is 0 Å². The fourth-order valence-electron chi connectivity index (χ4n) is 1.58. The Morgan fingerprint density at radius 1 is 1.23 bits per heavy atom. The summed E-state index contributed by atoms with van der Waals surface area (Å²) in [5, 5.41) is 2.93. The van der Waals surface area contributed by atoms with Gasteiger partial charge in [-0.15, -0.1) is 0 Å². The predicted octanol–water partition coefficient (Wildman–Crippen LogP) is 2.38. The number of carbonyl (C=O) groups is 1. The lowest BCUT2D eigenvalue weighted by Gasteiger charge is -2.13. The van der Waals surface area contributed by atoms with Gasteiger partial charge in [-0.25, -0.2) is 0 Å². The Hall–Kier alpha value is -0.370. The van der Waals surface area contributed by atoms with Crippen LogP contribution in [0.4, 0.5) is 0 Å². The van der Waals surface area contributed by atoms with E-state index in [0.717, 1.165) is 19.3 Å². The van der Waals surface area contributed by atoms with Gasteiger partial charge < -0.3 is 5.32 Å². The zero-order chi connectivity index (χ0) is 10.1. The molecule has 0 rings (SSSR count). The molecule has 0 saturated heterocycles. The van der Waals surface area contributed by atoms with Crippen LogP contribution in [0, 0.1) is 5.92 Å². The maximum Gasteiger partial charge on any atom is 0.149 e. The summed E-state index contributed by atoms with van der Waals surface area (Å²) in [5.74, 6) is 0.690. The zero-order valence-corrected chi connectivity index (χ0v) is 9.23. The molecule has 0 aliphatic carbocycles. The molecule has 1 N–H and O–H groups in total. The molecule has 0 radical (unpaired) electrons. The van der Waals surface area contributed by atoms with Gasteiger partial charge in [0.25, 0.3) is 0 Å². The Balaban J connectivity index is 3.83. The predicted molar refractivity (Wildman–Crippen MR) is 56.9 cm³/mol. The summed E-state index contributed by atoms with van der Waals surface area (Å²) < 4.78 is 0. The topological polar surface area (TPSA) is 29.1 Å². The van der Waals surface area contributed by atoms with Gasteiger partial charge in [-0.05, 0) is 19.9 Å². The SMILES string of the molecule is CCCCC(CCC)C(=O)CNC. The maximum absolute atomic E-state index is 11.6. The number of carbonyl (C=O) groups excluding carboxylic acids is 1. The first kappa shape index (κ1) is 12.6. The van der Waals surface area contributed by atoms with E-state index in [4.69, 9.17) is 0 Å². The van der Waals surface area contributed by atoms with Crippen molar-refractivity contribution in [3.8, 4) is 0 Å². The zero-order valence-electron chi connectivity index (χ0n) is 9.23. The Morgan fingerprint density at radius 2 is 1.92 bits per heavy atom. The molecule has 0 amide bonds. The Kier molecular flexibility index (Phi) is 8.00. The fraction of sp³-hybridized carbons (Fsp3) is 0.909. The van der Waals surface area contributed by atoms with Crippen molar-refractivity contribution in [3.63, 3.8) is 0 Å². The number of hydrogen-bond acceptors (Lipinski definition) is 2. The Bertz CT molecular complexity index is 134. The molecular formula is C11H23NO. The largest absolute Gasteiger partial charge is 0.313 e. The van der Waals surface area contributed by atoms with Crippen molar-refractivity contribution in [2.24, 2.45) is 5.92 Å². The van der Waals surface area contributed by atoms with Crippen LogP contribution < -0.4 is 5.32 Å². The van der Waals surface area contributed by atoms with Gasteiger partial charge in [0.15, 0.2) is 0 Å². The van der Waals surface area contributed by atoms with Crippen LogP contribution in [0.25, 0.3) is 0 Å². The van der Waals surface area contributed by atoms with Crippen molar-refractivity contribution in [3.05, 3.63) is 0 Å². The molecule has 0 aromatic rings. The molecule has 78 valence electrons. The molecule has 0 aliphatic heterocycles. The normalized spacial score (nSPS) is 12.8. The third-order valence-electron chi connectivity index (χ3n) is 2.35. The molecule has 1 atom stereocenters. The van der Waals surface area contributed by atoms with E-state index in [0.29, 0.717) is 18.2 Å². The van der Waals surface area contributed by atoms with Gasteiger partial charge in [-0.1, -0.05) is 33.1 Å². The molecule has 13 heavy (non-hydrogen) atoms. The van der Waals surface area contributed by atoms with E-state index in [1.807, 2.05) is 7.05 Å². The van der Waals surface area contributed by atoms with E-state index in [1.54, 1.807) is 0 Å². The molecule has 0 fully saturated rings. The summed E-state index contributed by atoms with van der Waals surface area (Å²) in [6.07, 6.45) is 5.61. The molecule has 0 aliphatic rings. The first-order valence-electron chi connectivity index (χ1n) is 5.43. The highest BCUT2D eigenvalue weighted by Gasteiger charge is 2.15. The molecular weight excluding hydrogens is 162 g/mol. The van der Waals surface area contributed by atoms with Crippen LogP contribution >= 0.6 is 0 Å². The summed E-state index contributed by atoms with van der Waals surface area (Å²) in [7, 11) is 1.83. The van der Waals surface area contributed by atoms with Crippen molar-refractivity contribution in [1.82, 2.24) is 5.32 Å². The van der Waals surface area contributed by atoms with Crippen LogP contribution in [0.2, 0.25) is 0 Å². The van der Waals surface area contributed by atoms with Gasteiger partial charge >= 0.3 is 0 Å². The molecule has 0 aromatic heterocycles. The highest BCUT2D eigenvalue weighted by molar-refractivity contribution is 5.82. The highest BCUT2D eigenvalue weighted by atomic mass is 16.1. The minimum absolute atomic E-state index is 0.303. The summed E-state index contributed by atoms with van der Waals surface area (Å²) >= 11 is 0. The molecule has 2 nitrogen and oxygen atoms in total. The lowest BCUT2D eigenvalue weighted by atomic mass is 9.93. The van der Waals surface area contributed by atoms with Crippen LogP contribution in [-0.4, -0.2) is 19.4 Å². The lowest BCUT2D eigenvalue weighted by molar-refractivity contribution is -0.122. The van der Waals surface area contributed by atoms with Crippen LogP contribution in [0.3, 0.4) is 0 Å². The second kappa shape index (κ2) is 8.24. The van der Waals surface area contributed by atoms with Crippen LogP contribution in [0.1, 0.15) is 46.0 Å². The van der Waals surface area contributed by atoms with Crippen molar-refractivity contribution in [2.75, 3.05) is 13.6 Å². The van der Waals surface area contributed by atoms with Crippen LogP contribution in [0.5, 0.6) is 0 Å². The molecule has 0 bridgehead atoms. The van der Waals surface area contributed by atoms with E-state index in [2.05, 4.69) is 19.2 Å². The summed E-state index contributed by atoms with van der Waals surface area (Å²) in [6.45, 7) is 4.85. The Labute approximate surface area is 82.1 Å². The number of Topliss-reactive ketones (excluding diaryl/α,β-unsaturated/α-hetero) is 1. The number of likely N-dealkylation sites (N-methyl/N-ethyl adjacent to an activating group) is 1. The van der Waals surface area contributed by atoms with E-state index in [9.17, 15) is 4.79 Å². The Morgan fingerprint density at radius 3 is 2.38 bits per heavy atom. The summed E-state index contributed by atoms with van der Waals surface area (Å²) in [6, 6.07) is 0. The average molecular weight is 185 g/mol. The lowest BCUT2D eigenvalue weighted by Crippen LogP contribution is -2.25. The van der Waals surface area contributed by atoms with Crippen molar-refractivity contribution in [2.45, 2.75) is 46.0 Å². The second-order valence-corrected chi connectivity index (χ2v) is 3.62. The fourth-order valence-corrected chi connectivity index (χ4v) is 1.58. The second-order valence-electron chi connectivity index (χ2n) is 3.62. The number of ketones is 1. The molecule has 2 heteroatoms. The van der Waals surface area contributed by atoms with E-state index in [-0.39, 0.29) is 0 Å². The van der Waals surface area contributed by atoms with E-state index < -0.39 is 0 Å². The van der Waals surface area contributed by atoms with Gasteiger partial charge in [-0.3, -0.25) is 4.79 Å². The van der Waals surface area contributed by atoms with Crippen molar-refractivity contribution >= 4 is 5.78 Å². The van der Waals surface area contributed by atoms with E-state index in [1.165, 1.54) is 12.8 Å². The standard InChI is InChI=1S/C11H23NO/c1-4-6-8-10(7-5-2)11(13)9-12-3/h10,12H,4-9H2,1-3H3. The minimum atomic E-state index is 0.303. The molecule has 0 spiro atoms. The van der Waals surface area contributed by atoms with Crippen LogP contribution in [0.15, 0.2) is 0 Å². The molecule has 0 aromatic carbocycles. The van der Waals surface area contributed by atoms with Gasteiger partial charge in [0.05, 0.1) is 6.54 Å². The van der Waals surface area contributed by atoms with Crippen LogP contribution in [-0.2, 0) is 4.79 Å². The highest BCUT2D eigenvalue weighted by Crippen LogP contribution is 2.15. The summed E-state index contributed by atoms with van der Waals surface area (Å²) in [5.41, 5.74) is 0. The number of hydrogen-bond donors (Lipinski definition) is 1. The number of nitrogens with one attached hydrogen (secondary N) is 1. The molecule has 1 unspecified atom stereocenters. The first-order chi connectivity index (χ1) is 6.26. The smallest absolute Gasteiger partial charge is 0.149 e. The monoisotopic (exact) mass is 185 g/mol. The van der Waals surface area contributed by atoms with Gasteiger partial charge in [0, 0.05) is 5.92 Å². The maximum atomic E-state index is 11.6. The van der Waals surface area contributed by atoms with Crippen molar-refractivity contribution < 1.29 is 4.79 Å². The minimum Gasteiger partial charge on any atom is -0.313 e. The van der Waals surface area contributed by atoms with Gasteiger partial charge in [0.2, 0.25) is 0 Å². The number of unbranched alkanes of at least 4 members (excludes halogenated alkanes) is 1. The summed E-state index contributed by atoms with van der Waals surface area (Å²) in [4.78, 5) is 11.6. The first-order valence-corrected chi connectivity index (χ1v) is 5.43. The molecule has 0 heterocycles. The average Bonchev–Trinajstić information content (AvgIpc) is 2.12. The van der Waals surface area contributed by atoms with Crippen molar-refractivity contribution in [1.29, 1.82) is 0 Å². The third-order valence-corrected chi connectivity index (χ3v) is 2.35. The third kappa shape index (κ3) is 5.81. The van der Waals surface area contributed by atoms with E-state index >= 15 is 0 Å².